The van der Waals surface area contributed by atoms with Gasteiger partial charge in [-0.1, -0.05) is 0 Å². The Kier molecular flexibility index (Phi) is 4.82. The van der Waals surface area contributed by atoms with Crippen LogP contribution in [0.25, 0.3) is 0 Å². The number of amides is 1. The summed E-state index contributed by atoms with van der Waals surface area (Å²) in [6.07, 6.45) is 2.41. The number of hydrogen-bond donors (Lipinski definition) is 1. The lowest BCUT2D eigenvalue weighted by molar-refractivity contribution is -0.118. The molecule has 0 spiro atoms. The van der Waals surface area contributed by atoms with Crippen molar-refractivity contribution in [1.29, 1.82) is 5.26 Å². The summed E-state index contributed by atoms with van der Waals surface area (Å²) in [5, 5.41) is 11.8. The van der Waals surface area contributed by atoms with E-state index in [1.807, 2.05) is 6.07 Å². The third kappa shape index (κ3) is 2.99. The van der Waals surface area contributed by atoms with Gasteiger partial charge in [0.15, 0.2) is 12.4 Å². The van der Waals surface area contributed by atoms with Crippen molar-refractivity contribution in [3.63, 3.8) is 0 Å². The summed E-state index contributed by atoms with van der Waals surface area (Å²) in [5.74, 6) is -13.4. The van der Waals surface area contributed by atoms with E-state index in [-0.39, 0.29) is 5.00 Å². The maximum absolute atomic E-state index is 13.5. The van der Waals surface area contributed by atoms with Crippen LogP contribution in [-0.2, 0) is 17.6 Å². The van der Waals surface area contributed by atoms with E-state index >= 15 is 0 Å². The van der Waals surface area contributed by atoms with Crippen molar-refractivity contribution in [2.75, 3.05) is 11.9 Å². The van der Waals surface area contributed by atoms with E-state index in [1.54, 1.807) is 0 Å². The van der Waals surface area contributed by atoms with Gasteiger partial charge in [0.2, 0.25) is 29.1 Å². The Hall–Kier alpha value is -2.67. The number of carbonyl (C=O) groups is 1. The highest BCUT2D eigenvalue weighted by atomic mass is 32.1. The topological polar surface area (TPSA) is 62.1 Å². The largest absolute Gasteiger partial charge is 0.477 e. The Morgan fingerprint density at radius 2 is 1.69 bits per heavy atom. The van der Waals surface area contributed by atoms with Crippen molar-refractivity contribution in [3.05, 3.63) is 45.1 Å². The van der Waals surface area contributed by atoms with Crippen molar-refractivity contribution in [3.8, 4) is 11.8 Å². The van der Waals surface area contributed by atoms with Crippen molar-refractivity contribution >= 4 is 22.2 Å². The SMILES string of the molecule is N#Cc1c(NC(=O)COc2c(F)c(F)c(F)c(F)c2F)sc2c1CCC2. The zero-order valence-electron chi connectivity index (χ0n) is 12.9. The number of carbonyl (C=O) groups excluding carboxylic acids is 1. The average molecular weight is 388 g/mol. The first kappa shape index (κ1) is 18.1. The maximum atomic E-state index is 13.5. The summed E-state index contributed by atoms with van der Waals surface area (Å²) < 4.78 is 70.6. The Morgan fingerprint density at radius 3 is 2.31 bits per heavy atom. The van der Waals surface area contributed by atoms with Gasteiger partial charge in [-0.2, -0.15) is 14.0 Å². The number of benzene rings is 1. The number of hydrogen-bond acceptors (Lipinski definition) is 4. The molecule has 1 aromatic carbocycles. The van der Waals surface area contributed by atoms with Crippen LogP contribution in [0.4, 0.5) is 27.0 Å². The number of thiophene rings is 1. The minimum absolute atomic E-state index is 0.267. The number of fused-ring (bicyclic) bond motifs is 1. The molecule has 1 aliphatic carbocycles. The van der Waals surface area contributed by atoms with E-state index in [1.165, 1.54) is 11.3 Å². The molecule has 0 bridgehead atoms. The minimum Gasteiger partial charge on any atom is -0.477 e. The van der Waals surface area contributed by atoms with E-state index in [9.17, 15) is 32.0 Å². The van der Waals surface area contributed by atoms with Gasteiger partial charge < -0.3 is 10.1 Å². The van der Waals surface area contributed by atoms with Crippen LogP contribution in [0.2, 0.25) is 0 Å². The fraction of sp³-hybridized carbons (Fsp3) is 0.250. The summed E-state index contributed by atoms with van der Waals surface area (Å²) in [6.45, 7) is -0.994. The molecule has 3 rings (SSSR count). The van der Waals surface area contributed by atoms with Crippen LogP contribution in [0.1, 0.15) is 22.4 Å². The predicted octanol–water partition coefficient (Wildman–Crippen LogP) is 3.82. The zero-order chi connectivity index (χ0) is 19.0. The van der Waals surface area contributed by atoms with E-state index in [0.717, 1.165) is 23.3 Å². The van der Waals surface area contributed by atoms with Gasteiger partial charge in [-0.15, -0.1) is 11.3 Å². The molecule has 4 nitrogen and oxygen atoms in total. The molecule has 0 fully saturated rings. The van der Waals surface area contributed by atoms with E-state index in [4.69, 9.17) is 0 Å². The van der Waals surface area contributed by atoms with E-state index in [2.05, 4.69) is 10.1 Å². The number of halogens is 5. The van der Waals surface area contributed by atoms with Gasteiger partial charge in [-0.25, -0.2) is 13.2 Å². The molecule has 1 N–H and O–H groups in total. The first-order chi connectivity index (χ1) is 12.3. The van der Waals surface area contributed by atoms with Gasteiger partial charge >= 0.3 is 0 Å². The normalized spacial score (nSPS) is 12.6. The maximum Gasteiger partial charge on any atom is 0.262 e. The van der Waals surface area contributed by atoms with Crippen LogP contribution >= 0.6 is 11.3 Å². The monoisotopic (exact) mass is 388 g/mol. The number of ether oxygens (including phenoxy) is 1. The quantitative estimate of drug-likeness (QED) is 0.492. The van der Waals surface area contributed by atoms with Crippen molar-refractivity contribution in [1.82, 2.24) is 0 Å². The third-order valence-corrected chi connectivity index (χ3v) is 5.01. The molecule has 0 radical (unpaired) electrons. The first-order valence-electron chi connectivity index (χ1n) is 7.33. The second-order valence-electron chi connectivity index (χ2n) is 5.41. The molecule has 10 heteroatoms. The highest BCUT2D eigenvalue weighted by Crippen LogP contribution is 2.38. The number of nitrogens with one attached hydrogen (secondary N) is 1. The zero-order valence-corrected chi connectivity index (χ0v) is 13.7. The molecule has 1 amide bonds. The summed E-state index contributed by atoms with van der Waals surface area (Å²) in [4.78, 5) is 12.9. The first-order valence-corrected chi connectivity index (χ1v) is 8.15. The Labute approximate surface area is 147 Å². The number of nitriles is 1. The lowest BCUT2D eigenvalue weighted by atomic mass is 10.1. The second-order valence-corrected chi connectivity index (χ2v) is 6.51. The van der Waals surface area contributed by atoms with Crippen LogP contribution in [-0.4, -0.2) is 12.5 Å². The molecule has 0 aliphatic heterocycles. The van der Waals surface area contributed by atoms with Crippen LogP contribution in [0.5, 0.6) is 5.75 Å². The van der Waals surface area contributed by atoms with Crippen molar-refractivity contribution < 1.29 is 31.5 Å². The molecule has 0 saturated heterocycles. The van der Waals surface area contributed by atoms with Gasteiger partial charge in [0.1, 0.15) is 11.1 Å². The molecule has 0 atom stereocenters. The lowest BCUT2D eigenvalue weighted by Crippen LogP contribution is -2.21. The molecule has 1 aromatic heterocycles. The van der Waals surface area contributed by atoms with Crippen LogP contribution in [0, 0.1) is 40.4 Å². The van der Waals surface area contributed by atoms with Gasteiger partial charge in [-0.3, -0.25) is 4.79 Å². The molecule has 1 aliphatic rings. The smallest absolute Gasteiger partial charge is 0.262 e. The Morgan fingerprint density at radius 1 is 1.08 bits per heavy atom. The summed E-state index contributed by atoms with van der Waals surface area (Å²) in [7, 11) is 0. The van der Waals surface area contributed by atoms with E-state index in [0.29, 0.717) is 12.0 Å². The highest BCUT2D eigenvalue weighted by Gasteiger charge is 2.28. The predicted molar refractivity (Wildman–Crippen MR) is 81.4 cm³/mol. The van der Waals surface area contributed by atoms with Crippen molar-refractivity contribution in [2.24, 2.45) is 0 Å². The standard InChI is InChI=1S/C16H9F5N2O2S/c17-10-11(18)13(20)15(14(21)12(10)19)25-5-9(24)23-16-7(4-22)6-2-1-3-8(6)26-16/h1-3,5H2,(H,23,24). The lowest BCUT2D eigenvalue weighted by Gasteiger charge is -2.10. The van der Waals surface area contributed by atoms with Crippen LogP contribution < -0.4 is 10.1 Å². The minimum atomic E-state index is -2.32. The number of nitrogens with zero attached hydrogens (tertiary/aromatic N) is 1. The molecule has 0 saturated carbocycles. The fourth-order valence-electron chi connectivity index (χ4n) is 2.62. The van der Waals surface area contributed by atoms with Crippen LogP contribution in [0.15, 0.2) is 0 Å². The number of anilines is 1. The van der Waals surface area contributed by atoms with Gasteiger partial charge in [0.05, 0.1) is 5.56 Å². The molecule has 136 valence electrons. The average Bonchev–Trinajstić information content (AvgIpc) is 3.18. The number of aryl methyl sites for hydroxylation is 1. The fourth-order valence-corrected chi connectivity index (χ4v) is 3.88. The molecule has 26 heavy (non-hydrogen) atoms. The summed E-state index contributed by atoms with van der Waals surface area (Å²) in [6, 6.07) is 1.99. The van der Waals surface area contributed by atoms with Gasteiger partial charge in [-0.05, 0) is 24.8 Å². The molecule has 2 aromatic rings. The van der Waals surface area contributed by atoms with Crippen molar-refractivity contribution in [2.45, 2.75) is 19.3 Å². The van der Waals surface area contributed by atoms with E-state index < -0.39 is 47.3 Å². The Bertz CT molecular complexity index is 922. The molecular weight excluding hydrogens is 379 g/mol. The molecule has 1 heterocycles. The molecule has 0 unspecified atom stereocenters. The second kappa shape index (κ2) is 6.92. The third-order valence-electron chi connectivity index (χ3n) is 3.80. The molecular formula is C16H9F5N2O2S. The number of rotatable bonds is 4. The Balaban J connectivity index is 1.74. The van der Waals surface area contributed by atoms with Gasteiger partial charge in [0.25, 0.3) is 5.91 Å². The van der Waals surface area contributed by atoms with Crippen LogP contribution in [0.3, 0.4) is 0 Å². The summed E-state index contributed by atoms with van der Waals surface area (Å²) in [5.41, 5.74) is 1.17. The highest BCUT2D eigenvalue weighted by molar-refractivity contribution is 7.16. The summed E-state index contributed by atoms with van der Waals surface area (Å²) >= 11 is 1.21. The van der Waals surface area contributed by atoms with Gasteiger partial charge in [0, 0.05) is 4.88 Å².